The minimum atomic E-state index is 0.514. The monoisotopic (exact) mass is 471 g/mol. The van der Waals surface area contributed by atoms with Crippen LogP contribution in [0.4, 0.5) is 0 Å². The van der Waals surface area contributed by atoms with Crippen LogP contribution in [-0.2, 0) is 24.4 Å². The van der Waals surface area contributed by atoms with Crippen molar-refractivity contribution < 1.29 is 4.74 Å². The molecule has 4 rings (SSSR count). The van der Waals surface area contributed by atoms with Crippen molar-refractivity contribution in [3.8, 4) is 10.6 Å². The molecule has 1 saturated heterocycles. The van der Waals surface area contributed by atoms with Crippen LogP contribution in [0.1, 0.15) is 47.5 Å². The lowest BCUT2D eigenvalue weighted by Crippen LogP contribution is -2.27. The summed E-state index contributed by atoms with van der Waals surface area (Å²) in [5, 5.41) is 4.54. The van der Waals surface area contributed by atoms with Crippen LogP contribution in [0, 0.1) is 0 Å². The molecule has 152 valence electrons. The summed E-state index contributed by atoms with van der Waals surface area (Å²) < 4.78 is 7.19. The molecule has 1 aliphatic heterocycles. The highest BCUT2D eigenvalue weighted by atomic mass is 79.9. The van der Waals surface area contributed by atoms with E-state index in [2.05, 4.69) is 69.6 Å². The number of ether oxygens (including phenoxy) is 1. The first kappa shape index (κ1) is 20.7. The van der Waals surface area contributed by atoms with Gasteiger partial charge >= 0.3 is 0 Å². The minimum Gasteiger partial charge on any atom is -0.371 e. The molecule has 0 amide bonds. The van der Waals surface area contributed by atoms with Crippen molar-refractivity contribution in [2.45, 2.75) is 45.3 Å². The molecular weight excluding hydrogens is 446 g/mol. The van der Waals surface area contributed by atoms with E-state index in [1.165, 1.54) is 16.1 Å². The fourth-order valence-corrected chi connectivity index (χ4v) is 5.00. The molecule has 0 saturated carbocycles. The molecule has 3 aromatic rings. The number of nitrogens with zero attached hydrogens (tertiary/aromatic N) is 2. The van der Waals surface area contributed by atoms with E-state index in [0.29, 0.717) is 19.1 Å². The Labute approximate surface area is 184 Å². The van der Waals surface area contributed by atoms with Gasteiger partial charge in [0, 0.05) is 27.8 Å². The molecule has 29 heavy (non-hydrogen) atoms. The van der Waals surface area contributed by atoms with E-state index in [-0.39, 0.29) is 0 Å². The third-order valence-corrected chi connectivity index (χ3v) is 6.92. The van der Waals surface area contributed by atoms with E-state index < -0.39 is 0 Å². The third-order valence-electron chi connectivity index (χ3n) is 5.29. The molecule has 1 fully saturated rings. The Morgan fingerprint density at radius 2 is 1.93 bits per heavy atom. The van der Waals surface area contributed by atoms with Crippen molar-refractivity contribution in [3.63, 3.8) is 0 Å². The summed E-state index contributed by atoms with van der Waals surface area (Å²) in [5.74, 6) is 0.514. The van der Waals surface area contributed by atoms with Crippen molar-refractivity contribution in [1.82, 2.24) is 15.3 Å². The summed E-state index contributed by atoms with van der Waals surface area (Å²) in [6.07, 6.45) is 5.10. The number of pyridine rings is 1. The van der Waals surface area contributed by atoms with Crippen molar-refractivity contribution in [2.24, 2.45) is 0 Å². The van der Waals surface area contributed by atoms with Crippen LogP contribution in [0.2, 0.25) is 0 Å². The Morgan fingerprint density at radius 3 is 2.69 bits per heavy atom. The number of hydrogen-bond acceptors (Lipinski definition) is 5. The van der Waals surface area contributed by atoms with Gasteiger partial charge in [-0.3, -0.25) is 4.98 Å². The Hall–Kier alpha value is -1.60. The van der Waals surface area contributed by atoms with Gasteiger partial charge in [0.05, 0.1) is 23.8 Å². The van der Waals surface area contributed by atoms with E-state index in [1.54, 1.807) is 11.3 Å². The topological polar surface area (TPSA) is 47.0 Å². The lowest BCUT2D eigenvalue weighted by Gasteiger charge is -2.22. The molecule has 1 aromatic carbocycles. The van der Waals surface area contributed by atoms with E-state index in [0.717, 1.165) is 53.1 Å². The van der Waals surface area contributed by atoms with Crippen molar-refractivity contribution >= 4 is 27.3 Å². The molecule has 4 nitrogen and oxygen atoms in total. The molecule has 6 heteroatoms. The van der Waals surface area contributed by atoms with Gasteiger partial charge in [-0.15, -0.1) is 11.3 Å². The number of rotatable bonds is 7. The second kappa shape index (κ2) is 9.94. The first-order valence-corrected chi connectivity index (χ1v) is 11.8. The Kier molecular flexibility index (Phi) is 7.08. The van der Waals surface area contributed by atoms with E-state index in [1.807, 2.05) is 6.20 Å². The molecule has 0 spiro atoms. The molecule has 1 N–H and O–H groups in total. The molecule has 0 radical (unpaired) electrons. The summed E-state index contributed by atoms with van der Waals surface area (Å²) in [6.45, 7) is 5.48. The summed E-state index contributed by atoms with van der Waals surface area (Å²) in [5.41, 5.74) is 4.69. The van der Waals surface area contributed by atoms with E-state index in [9.17, 15) is 0 Å². The summed E-state index contributed by atoms with van der Waals surface area (Å²) in [6, 6.07) is 12.5. The number of aromatic nitrogens is 2. The molecule has 0 atom stereocenters. The number of aryl methyl sites for hydroxylation is 1. The van der Waals surface area contributed by atoms with Crippen LogP contribution in [-0.4, -0.2) is 23.1 Å². The highest BCUT2D eigenvalue weighted by Crippen LogP contribution is 2.36. The predicted octanol–water partition coefficient (Wildman–Crippen LogP) is 5.71. The number of nitrogens with one attached hydrogen (secondary N) is 1. The molecule has 0 unspecified atom stereocenters. The summed E-state index contributed by atoms with van der Waals surface area (Å²) in [4.78, 5) is 10.8. The van der Waals surface area contributed by atoms with Crippen LogP contribution < -0.4 is 5.32 Å². The first-order valence-electron chi connectivity index (χ1n) is 10.2. The lowest BCUT2D eigenvalue weighted by atomic mass is 9.94. The molecule has 0 aliphatic carbocycles. The highest BCUT2D eigenvalue weighted by Gasteiger charge is 2.23. The molecule has 0 bridgehead atoms. The van der Waals surface area contributed by atoms with Gasteiger partial charge in [-0.05, 0) is 62.2 Å². The van der Waals surface area contributed by atoms with E-state index >= 15 is 0 Å². The quantitative estimate of drug-likeness (QED) is 0.478. The fourth-order valence-electron chi connectivity index (χ4n) is 3.65. The molecular formula is C23H26BrN3OS. The van der Waals surface area contributed by atoms with Gasteiger partial charge < -0.3 is 10.1 Å². The summed E-state index contributed by atoms with van der Waals surface area (Å²) >= 11 is 5.25. The average Bonchev–Trinajstić information content (AvgIpc) is 3.20. The van der Waals surface area contributed by atoms with Gasteiger partial charge in [0.2, 0.25) is 0 Å². The second-order valence-corrected chi connectivity index (χ2v) is 9.36. The van der Waals surface area contributed by atoms with Crippen molar-refractivity contribution in [1.29, 1.82) is 0 Å². The lowest BCUT2D eigenvalue weighted by molar-refractivity contribution is 0.108. The number of thiazole rings is 1. The second-order valence-electron chi connectivity index (χ2n) is 7.36. The smallest absolute Gasteiger partial charge is 0.124 e. The maximum Gasteiger partial charge on any atom is 0.124 e. The standard InChI is InChI=1S/C23H26BrN3OS/c1-2-20-13-18(9-12-26-20)23-27-22(17-7-10-25-11-8-17)21(29-23)15-28-14-16-3-5-19(24)6-4-16/h3-6,9,12-13,17,25H,2,7-8,10-11,14-15H2,1H3. The van der Waals surface area contributed by atoms with E-state index in [4.69, 9.17) is 9.72 Å². The SMILES string of the molecule is CCc1cc(-c2nc(C3CCNCC3)c(COCc3ccc(Br)cc3)s2)ccn1. The number of piperidine rings is 1. The van der Waals surface area contributed by atoms with Gasteiger partial charge in [-0.1, -0.05) is 35.0 Å². The fraction of sp³-hybridized carbons (Fsp3) is 0.391. The zero-order valence-corrected chi connectivity index (χ0v) is 19.1. The van der Waals surface area contributed by atoms with Crippen LogP contribution >= 0.6 is 27.3 Å². The van der Waals surface area contributed by atoms with Crippen LogP contribution in [0.3, 0.4) is 0 Å². The largest absolute Gasteiger partial charge is 0.371 e. The van der Waals surface area contributed by atoms with Crippen molar-refractivity contribution in [3.05, 3.63) is 68.9 Å². The normalized spacial score (nSPS) is 15.0. The Morgan fingerprint density at radius 1 is 1.14 bits per heavy atom. The molecule has 1 aliphatic rings. The Bertz CT molecular complexity index is 936. The number of halogens is 1. The van der Waals surface area contributed by atoms with Crippen LogP contribution in [0.25, 0.3) is 10.6 Å². The van der Waals surface area contributed by atoms with Gasteiger partial charge in [0.25, 0.3) is 0 Å². The first-order chi connectivity index (χ1) is 14.2. The zero-order valence-electron chi connectivity index (χ0n) is 16.7. The average molecular weight is 472 g/mol. The van der Waals surface area contributed by atoms with Crippen LogP contribution in [0.15, 0.2) is 47.1 Å². The summed E-state index contributed by atoms with van der Waals surface area (Å²) in [7, 11) is 0. The highest BCUT2D eigenvalue weighted by molar-refractivity contribution is 9.10. The molecule has 3 heterocycles. The minimum absolute atomic E-state index is 0.514. The predicted molar refractivity (Wildman–Crippen MR) is 122 cm³/mol. The zero-order chi connectivity index (χ0) is 20.1. The van der Waals surface area contributed by atoms with Gasteiger partial charge in [-0.2, -0.15) is 0 Å². The number of hydrogen-bond donors (Lipinski definition) is 1. The number of benzene rings is 1. The van der Waals surface area contributed by atoms with Gasteiger partial charge in [-0.25, -0.2) is 4.98 Å². The van der Waals surface area contributed by atoms with Gasteiger partial charge in [0.1, 0.15) is 5.01 Å². The maximum absolute atomic E-state index is 6.10. The van der Waals surface area contributed by atoms with Gasteiger partial charge in [0.15, 0.2) is 0 Å². The third kappa shape index (κ3) is 5.31. The Balaban J connectivity index is 1.54. The molecule has 2 aromatic heterocycles. The maximum atomic E-state index is 6.10. The van der Waals surface area contributed by atoms with Crippen molar-refractivity contribution in [2.75, 3.05) is 13.1 Å². The van der Waals surface area contributed by atoms with Crippen LogP contribution in [0.5, 0.6) is 0 Å².